The molecule has 0 radical (unpaired) electrons. The Balaban J connectivity index is 1.42. The van der Waals surface area contributed by atoms with E-state index in [1.165, 1.54) is 16.9 Å². The van der Waals surface area contributed by atoms with Crippen molar-refractivity contribution in [2.24, 2.45) is 0 Å². The van der Waals surface area contributed by atoms with Gasteiger partial charge in [-0.25, -0.2) is 0 Å². The number of carbonyl (C=O) groups excluding carboxylic acids is 1. The first-order valence-electron chi connectivity index (χ1n) is 8.52. The summed E-state index contributed by atoms with van der Waals surface area (Å²) in [5.41, 5.74) is 3.21. The molecule has 0 saturated heterocycles. The predicted molar refractivity (Wildman–Crippen MR) is 103 cm³/mol. The number of nitrogens with one attached hydrogen (secondary N) is 1. The molecule has 0 saturated carbocycles. The van der Waals surface area contributed by atoms with Crippen molar-refractivity contribution < 1.29 is 14.3 Å². The molecular weight excluding hydrogens is 346 g/mol. The summed E-state index contributed by atoms with van der Waals surface area (Å²) in [6, 6.07) is 17.8. The van der Waals surface area contributed by atoms with Crippen LogP contribution in [-0.2, 0) is 0 Å². The Labute approximate surface area is 156 Å². The van der Waals surface area contributed by atoms with E-state index in [-0.39, 0.29) is 12.0 Å². The summed E-state index contributed by atoms with van der Waals surface area (Å²) < 4.78 is 11.6. The van der Waals surface area contributed by atoms with Crippen molar-refractivity contribution >= 4 is 17.2 Å². The SMILES string of the molecule is Cc1ccc(-c2ccsc2C(=O)NC[C@H]2COc3ccccc3O2)cc1. The molecule has 1 atom stereocenters. The lowest BCUT2D eigenvalue weighted by Crippen LogP contribution is -2.40. The average molecular weight is 365 g/mol. The molecule has 4 nitrogen and oxygen atoms in total. The standard InChI is InChI=1S/C21H19NO3S/c1-14-6-8-15(9-7-14)17-10-11-26-20(17)21(23)22-12-16-13-24-18-4-2-3-5-19(18)25-16/h2-11,16H,12-13H2,1H3,(H,22,23)/t16-/m0/s1. The first-order valence-corrected chi connectivity index (χ1v) is 9.40. The molecule has 1 amide bonds. The van der Waals surface area contributed by atoms with Crippen LogP contribution in [0, 0.1) is 6.92 Å². The second-order valence-corrected chi connectivity index (χ2v) is 7.15. The molecule has 0 aliphatic carbocycles. The van der Waals surface area contributed by atoms with E-state index in [1.54, 1.807) is 0 Å². The minimum Gasteiger partial charge on any atom is -0.486 e. The summed E-state index contributed by atoms with van der Waals surface area (Å²) in [6.07, 6.45) is -0.198. The first kappa shape index (κ1) is 16.7. The third-order valence-corrected chi connectivity index (χ3v) is 5.21. The fourth-order valence-corrected chi connectivity index (χ4v) is 3.73. The largest absolute Gasteiger partial charge is 0.486 e. The van der Waals surface area contributed by atoms with Crippen LogP contribution < -0.4 is 14.8 Å². The molecule has 0 spiro atoms. The fraction of sp³-hybridized carbons (Fsp3) is 0.190. The molecule has 0 fully saturated rings. The smallest absolute Gasteiger partial charge is 0.262 e. The number of hydrogen-bond donors (Lipinski definition) is 1. The van der Waals surface area contributed by atoms with Crippen LogP contribution in [0.1, 0.15) is 15.2 Å². The van der Waals surface area contributed by atoms with E-state index in [2.05, 4.69) is 24.4 Å². The van der Waals surface area contributed by atoms with Gasteiger partial charge < -0.3 is 14.8 Å². The number of aryl methyl sites for hydroxylation is 1. The van der Waals surface area contributed by atoms with Crippen molar-refractivity contribution in [1.82, 2.24) is 5.32 Å². The highest BCUT2D eigenvalue weighted by molar-refractivity contribution is 7.12. The molecule has 0 bridgehead atoms. The number of para-hydroxylation sites is 2. The van der Waals surface area contributed by atoms with Gasteiger partial charge in [-0.15, -0.1) is 11.3 Å². The number of fused-ring (bicyclic) bond motifs is 1. The Hall–Kier alpha value is -2.79. The zero-order chi connectivity index (χ0) is 17.9. The van der Waals surface area contributed by atoms with Gasteiger partial charge in [0.15, 0.2) is 11.5 Å². The van der Waals surface area contributed by atoms with Crippen LogP contribution in [0.3, 0.4) is 0 Å². The first-order chi connectivity index (χ1) is 12.7. The van der Waals surface area contributed by atoms with Crippen molar-refractivity contribution in [3.05, 3.63) is 70.4 Å². The van der Waals surface area contributed by atoms with Gasteiger partial charge in [-0.1, -0.05) is 42.0 Å². The van der Waals surface area contributed by atoms with Crippen molar-refractivity contribution in [2.45, 2.75) is 13.0 Å². The Kier molecular flexibility index (Phi) is 4.63. The highest BCUT2D eigenvalue weighted by atomic mass is 32.1. The van der Waals surface area contributed by atoms with Gasteiger partial charge in [0.05, 0.1) is 11.4 Å². The summed E-state index contributed by atoms with van der Waals surface area (Å²) in [6.45, 7) is 2.88. The lowest BCUT2D eigenvalue weighted by Gasteiger charge is -2.26. The average Bonchev–Trinajstić information content (AvgIpc) is 3.16. The Bertz CT molecular complexity index is 917. The van der Waals surface area contributed by atoms with Crippen molar-refractivity contribution in [2.75, 3.05) is 13.2 Å². The monoisotopic (exact) mass is 365 g/mol. The normalized spacial score (nSPS) is 15.5. The van der Waals surface area contributed by atoms with Crippen LogP contribution in [0.5, 0.6) is 11.5 Å². The quantitative estimate of drug-likeness (QED) is 0.750. The second-order valence-electron chi connectivity index (χ2n) is 6.24. The van der Waals surface area contributed by atoms with Gasteiger partial charge in [0.2, 0.25) is 0 Å². The van der Waals surface area contributed by atoms with Crippen LogP contribution in [0.4, 0.5) is 0 Å². The Morgan fingerprint density at radius 2 is 1.88 bits per heavy atom. The van der Waals surface area contributed by atoms with Crippen LogP contribution in [-0.4, -0.2) is 25.2 Å². The van der Waals surface area contributed by atoms with Gasteiger partial charge in [0.1, 0.15) is 12.7 Å². The van der Waals surface area contributed by atoms with Gasteiger partial charge >= 0.3 is 0 Å². The van der Waals surface area contributed by atoms with Crippen molar-refractivity contribution in [3.63, 3.8) is 0 Å². The molecule has 2 aromatic carbocycles. The predicted octanol–water partition coefficient (Wildman–Crippen LogP) is 4.29. The molecule has 0 unspecified atom stereocenters. The molecule has 2 heterocycles. The van der Waals surface area contributed by atoms with Crippen molar-refractivity contribution in [1.29, 1.82) is 0 Å². The van der Waals surface area contributed by atoms with Gasteiger partial charge in [-0.05, 0) is 36.1 Å². The number of thiophene rings is 1. The third kappa shape index (κ3) is 3.44. The molecule has 4 rings (SSSR count). The second kappa shape index (κ2) is 7.22. The molecule has 3 aromatic rings. The Morgan fingerprint density at radius 1 is 1.12 bits per heavy atom. The zero-order valence-corrected chi connectivity index (χ0v) is 15.2. The highest BCUT2D eigenvalue weighted by Crippen LogP contribution is 2.31. The summed E-state index contributed by atoms with van der Waals surface area (Å²) >= 11 is 1.45. The van der Waals surface area contributed by atoms with E-state index >= 15 is 0 Å². The molecule has 1 aliphatic heterocycles. The maximum atomic E-state index is 12.7. The number of hydrogen-bond acceptors (Lipinski definition) is 4. The van der Waals surface area contributed by atoms with E-state index in [0.29, 0.717) is 18.0 Å². The van der Waals surface area contributed by atoms with Gasteiger partial charge in [0.25, 0.3) is 5.91 Å². The van der Waals surface area contributed by atoms with E-state index < -0.39 is 0 Å². The number of benzene rings is 2. The summed E-state index contributed by atoms with van der Waals surface area (Å²) in [5.74, 6) is 1.38. The lowest BCUT2D eigenvalue weighted by atomic mass is 10.0. The number of amides is 1. The summed E-state index contributed by atoms with van der Waals surface area (Å²) in [7, 11) is 0. The van der Waals surface area contributed by atoms with Gasteiger partial charge in [-0.3, -0.25) is 4.79 Å². The molecule has 132 valence electrons. The molecule has 1 aromatic heterocycles. The van der Waals surface area contributed by atoms with E-state index in [1.807, 2.05) is 47.8 Å². The minimum atomic E-state index is -0.198. The molecule has 1 aliphatic rings. The number of rotatable bonds is 4. The van der Waals surface area contributed by atoms with Gasteiger partial charge in [-0.2, -0.15) is 0 Å². The zero-order valence-electron chi connectivity index (χ0n) is 14.4. The summed E-state index contributed by atoms with van der Waals surface area (Å²) in [5, 5.41) is 4.92. The van der Waals surface area contributed by atoms with Crippen LogP contribution >= 0.6 is 11.3 Å². The van der Waals surface area contributed by atoms with E-state index in [0.717, 1.165) is 22.6 Å². The van der Waals surface area contributed by atoms with E-state index in [9.17, 15) is 4.79 Å². The molecule has 26 heavy (non-hydrogen) atoms. The third-order valence-electron chi connectivity index (χ3n) is 4.29. The maximum Gasteiger partial charge on any atom is 0.262 e. The van der Waals surface area contributed by atoms with Crippen LogP contribution in [0.2, 0.25) is 0 Å². The molecule has 1 N–H and O–H groups in total. The topological polar surface area (TPSA) is 47.6 Å². The fourth-order valence-electron chi connectivity index (χ4n) is 2.90. The summed E-state index contributed by atoms with van der Waals surface area (Å²) in [4.78, 5) is 13.4. The molecular formula is C21H19NO3S. The highest BCUT2D eigenvalue weighted by Gasteiger charge is 2.22. The Morgan fingerprint density at radius 3 is 2.69 bits per heavy atom. The number of ether oxygens (including phenoxy) is 2. The lowest BCUT2D eigenvalue weighted by molar-refractivity contribution is 0.0792. The maximum absolute atomic E-state index is 12.7. The number of carbonyl (C=O) groups is 1. The molecule has 5 heteroatoms. The van der Waals surface area contributed by atoms with Crippen LogP contribution in [0.15, 0.2) is 60.0 Å². The van der Waals surface area contributed by atoms with E-state index in [4.69, 9.17) is 9.47 Å². The van der Waals surface area contributed by atoms with Crippen LogP contribution in [0.25, 0.3) is 11.1 Å². The van der Waals surface area contributed by atoms with Gasteiger partial charge in [0, 0.05) is 5.56 Å². The van der Waals surface area contributed by atoms with Crippen molar-refractivity contribution in [3.8, 4) is 22.6 Å². The minimum absolute atomic E-state index is 0.0852.